The van der Waals surface area contributed by atoms with Gasteiger partial charge in [0.1, 0.15) is 31.2 Å². The minimum absolute atomic E-state index is 0.0500. The molecule has 19 nitrogen and oxygen atoms in total. The third kappa shape index (κ3) is 13.8. The second-order valence-corrected chi connectivity index (χ2v) is 32.4. The number of rotatable bonds is 19. The van der Waals surface area contributed by atoms with Gasteiger partial charge >= 0.3 is 34.1 Å². The fourth-order valence-electron chi connectivity index (χ4n) is 14.1. The van der Waals surface area contributed by atoms with Crippen LogP contribution in [0.1, 0.15) is 143 Å². The highest BCUT2D eigenvalue weighted by atomic mass is 31.2. The Labute approximate surface area is 552 Å². The van der Waals surface area contributed by atoms with Crippen LogP contribution in [-0.4, -0.2) is 51.7 Å². The molecular weight excluding hydrogens is 1270 g/mol. The Morgan fingerprint density at radius 2 is 0.777 bits per heavy atom. The zero-order valence-electron chi connectivity index (χ0n) is 54.2. The fraction of sp³-hybridized carbons (Fsp3) is 0.465. The molecule has 2 aromatic rings. The second-order valence-electron chi connectivity index (χ2n) is 26.4. The summed E-state index contributed by atoms with van der Waals surface area (Å²) in [5.74, 6) is 3.37. The van der Waals surface area contributed by atoms with Crippen LogP contribution in [0.2, 0.25) is 0 Å². The monoisotopic (exact) mass is 1350 g/mol. The van der Waals surface area contributed by atoms with Gasteiger partial charge in [-0.05, 0) is 196 Å². The van der Waals surface area contributed by atoms with E-state index in [9.17, 15) is 33.7 Å². The van der Waals surface area contributed by atoms with Gasteiger partial charge < -0.3 is 32.0 Å². The summed E-state index contributed by atoms with van der Waals surface area (Å²) in [6.07, 6.45) is 50.1. The zero-order chi connectivity index (χ0) is 65.2. The van der Waals surface area contributed by atoms with Crippen molar-refractivity contribution in [1.82, 2.24) is 27.4 Å². The van der Waals surface area contributed by atoms with Gasteiger partial charge in [-0.25, -0.2) is 56.2 Å². The normalized spacial score (nSPS) is 23.3. The van der Waals surface area contributed by atoms with E-state index in [2.05, 4.69) is 72.9 Å². The lowest BCUT2D eigenvalue weighted by molar-refractivity contribution is 0.228. The molecule has 6 heterocycles. The molecule has 4 atom stereocenters. The van der Waals surface area contributed by atoms with E-state index in [1.807, 2.05) is 52.0 Å². The molecule has 0 radical (unpaired) electrons. The molecule has 0 aromatic carbocycles. The molecule has 23 heteroatoms. The van der Waals surface area contributed by atoms with E-state index in [4.69, 9.17) is 27.1 Å². The second kappa shape index (κ2) is 29.0. The Balaban J connectivity index is 0.000000466. The number of allylic oxidation sites excluding steroid dienone is 28. The summed E-state index contributed by atoms with van der Waals surface area (Å²) in [6.45, 7) is 7.03. The van der Waals surface area contributed by atoms with Crippen molar-refractivity contribution in [1.29, 1.82) is 0 Å². The molecule has 0 fully saturated rings. The molecule has 14 rings (SSSR count). The summed E-state index contributed by atoms with van der Waals surface area (Å²) in [5.41, 5.74) is 4.83. The van der Waals surface area contributed by atoms with E-state index < -0.39 is 72.8 Å². The van der Waals surface area contributed by atoms with E-state index in [1.54, 1.807) is 0 Å². The highest BCUT2D eigenvalue weighted by molar-refractivity contribution is 7.57. The molecule has 8 aliphatic carbocycles. The minimum atomic E-state index is -1.57. The van der Waals surface area contributed by atoms with Gasteiger partial charge in [0, 0.05) is 53.6 Å². The fourth-order valence-corrected chi connectivity index (χ4v) is 20.6. The van der Waals surface area contributed by atoms with Gasteiger partial charge in [0.15, 0.2) is 0 Å². The first kappa shape index (κ1) is 66.1. The molecule has 1 N–H and O–H groups in total. The van der Waals surface area contributed by atoms with Gasteiger partial charge in [-0.15, -0.1) is 0 Å². The van der Waals surface area contributed by atoms with Crippen molar-refractivity contribution in [2.75, 3.05) is 19.4 Å². The van der Waals surface area contributed by atoms with Crippen LogP contribution in [0.25, 0.3) is 0 Å². The molecule has 0 bridgehead atoms. The summed E-state index contributed by atoms with van der Waals surface area (Å²) < 4.78 is 44.5. The SMILES string of the molecule is CC(C)Cn1c(=O)n(CCCP2OC3=C(CCC=C3)C3=C2C=CCC3)c(=O)n(CCC(C)(C)Cn2c(=O)n(CCOP3OC4=C(CCC=C4)C4=C3C=CCC4)c(=O)n(CCOP3OC4=C(CCC=C4)C4=C3C=CCC4)c2=O)c1=O.OP1OC2=C(CCC=C2)C2=C1C=CCC2. The third-order valence-electron chi connectivity index (χ3n) is 18.9. The van der Waals surface area contributed by atoms with Crippen LogP contribution in [-0.2, 0) is 66.4 Å². The maximum atomic E-state index is 14.7. The van der Waals surface area contributed by atoms with E-state index in [1.165, 1.54) is 54.5 Å². The molecule has 496 valence electrons. The van der Waals surface area contributed by atoms with Crippen molar-refractivity contribution in [2.45, 2.75) is 183 Å². The lowest BCUT2D eigenvalue weighted by atomic mass is 9.89. The quantitative estimate of drug-likeness (QED) is 0.130. The summed E-state index contributed by atoms with van der Waals surface area (Å²) in [4.78, 5) is 96.5. The topological polar surface area (TPSA) is 208 Å². The van der Waals surface area contributed by atoms with Crippen LogP contribution in [0, 0.1) is 11.3 Å². The van der Waals surface area contributed by atoms with Crippen molar-refractivity contribution in [3.8, 4) is 0 Å². The van der Waals surface area contributed by atoms with Gasteiger partial charge in [-0.2, -0.15) is 0 Å². The molecule has 0 spiro atoms. The van der Waals surface area contributed by atoms with Crippen LogP contribution in [0.3, 0.4) is 0 Å². The van der Waals surface area contributed by atoms with E-state index in [-0.39, 0.29) is 64.8 Å². The molecule has 4 unspecified atom stereocenters. The average Bonchev–Trinajstić information content (AvgIpc) is 0.836. The lowest BCUT2D eigenvalue weighted by Crippen LogP contribution is -2.56. The number of nitrogens with zero attached hydrogens (tertiary/aromatic N) is 6. The van der Waals surface area contributed by atoms with Crippen molar-refractivity contribution in [3.05, 3.63) is 249 Å². The van der Waals surface area contributed by atoms with Crippen LogP contribution in [0.15, 0.2) is 215 Å². The van der Waals surface area contributed by atoms with Crippen molar-refractivity contribution in [2.24, 2.45) is 11.3 Å². The van der Waals surface area contributed by atoms with E-state index >= 15 is 0 Å². The Morgan fingerprint density at radius 1 is 0.426 bits per heavy atom. The third-order valence-corrected chi connectivity index (χ3v) is 25.4. The predicted octanol–water partition coefficient (Wildman–Crippen LogP) is 14.1. The summed E-state index contributed by atoms with van der Waals surface area (Å²) in [6, 6.07) is 0. The maximum Gasteiger partial charge on any atom is 0.336 e. The smallest absolute Gasteiger partial charge is 0.336 e. The molecule has 0 saturated carbocycles. The summed E-state index contributed by atoms with van der Waals surface area (Å²) in [5, 5.41) is 4.25. The largest absolute Gasteiger partial charge is 0.469 e. The first-order chi connectivity index (χ1) is 45.6. The molecule has 2 aromatic heterocycles. The van der Waals surface area contributed by atoms with Gasteiger partial charge in [0.25, 0.3) is 25.1 Å². The van der Waals surface area contributed by atoms with E-state index in [0.29, 0.717) is 12.6 Å². The molecular formula is C71H84N6O13P4. The predicted molar refractivity (Wildman–Crippen MR) is 371 cm³/mol. The number of hydrogen-bond acceptors (Lipinski definition) is 13. The van der Waals surface area contributed by atoms with Crippen LogP contribution in [0.4, 0.5) is 0 Å². The van der Waals surface area contributed by atoms with Crippen molar-refractivity contribution < 1.29 is 32.0 Å². The maximum absolute atomic E-state index is 14.7. The average molecular weight is 1350 g/mol. The van der Waals surface area contributed by atoms with Gasteiger partial charge in [-0.3, -0.25) is 0 Å². The van der Waals surface area contributed by atoms with Crippen LogP contribution in [0.5, 0.6) is 0 Å². The standard InChI is InChI=1S/C59H71N6O11P3.C12H13O2P/c1-40(2)38-64-55(68)60(31-17-37-77-50-27-14-8-21-44(50)41-18-5-11-24-47(41)74-77)53(66)61(56(64)69)32-30-59(3,4)39-65-57(70)62(33-35-72-78-51-28-15-9-22-45(51)42-19-6-12-25-48(42)75-78)54(67)63(58(65)71)34-36-73-79-52-29-16-10-23-46(52)43-20-7-13-26-49(43)76-79;13-15-12-8-4-2-6-10(12)9-5-1-3-7-11(9)14-15/h11-16,24-29,40H,5-10,17-23,30-39H2,1-4H3;3-4,7-8,13H,1-2,5-6H2. The number of aromatic nitrogens is 6. The minimum Gasteiger partial charge on any atom is -0.469 e. The van der Waals surface area contributed by atoms with Crippen molar-refractivity contribution >= 4 is 33.3 Å². The number of hydrogen-bond donors (Lipinski definition) is 1. The van der Waals surface area contributed by atoms with Crippen LogP contribution >= 0.6 is 33.3 Å². The van der Waals surface area contributed by atoms with E-state index in [0.717, 1.165) is 165 Å². The molecule has 12 aliphatic rings. The van der Waals surface area contributed by atoms with Gasteiger partial charge in [0.2, 0.25) is 0 Å². The first-order valence-corrected chi connectivity index (χ1v) is 38.6. The summed E-state index contributed by atoms with van der Waals surface area (Å²) >= 11 is 0. The summed E-state index contributed by atoms with van der Waals surface area (Å²) in [7, 11) is -5.58. The zero-order valence-corrected chi connectivity index (χ0v) is 57.8. The van der Waals surface area contributed by atoms with Crippen molar-refractivity contribution in [3.63, 3.8) is 0 Å². The Hall–Kier alpha value is -6.54. The number of fused-ring (bicyclic) bond motifs is 4. The Kier molecular flexibility index (Phi) is 20.4. The first-order valence-electron chi connectivity index (χ1n) is 33.5. The highest BCUT2D eigenvalue weighted by Crippen LogP contribution is 2.61. The van der Waals surface area contributed by atoms with Gasteiger partial charge in [-0.1, -0.05) is 101 Å². The van der Waals surface area contributed by atoms with Gasteiger partial charge in [0.05, 0.1) is 26.3 Å². The van der Waals surface area contributed by atoms with Crippen LogP contribution < -0.4 is 34.1 Å². The highest BCUT2D eigenvalue weighted by Gasteiger charge is 2.37. The molecule has 0 saturated heterocycles. The Morgan fingerprint density at radius 3 is 1.24 bits per heavy atom. The lowest BCUT2D eigenvalue weighted by Gasteiger charge is -2.33. The Bertz CT molecular complexity index is 4220. The molecule has 0 amide bonds. The molecule has 4 aliphatic heterocycles. The molecule has 94 heavy (non-hydrogen) atoms.